The first kappa shape index (κ1) is 25.9. The number of aliphatic carboxylic acids is 1. The molecule has 0 spiro atoms. The van der Waals surface area contributed by atoms with Crippen molar-refractivity contribution in [1.82, 2.24) is 4.98 Å². The van der Waals surface area contributed by atoms with Crippen LogP contribution < -0.4 is 11.2 Å². The number of nitrogens with one attached hydrogen (secondary N) is 1. The number of thiazole rings is 1. The highest BCUT2D eigenvalue weighted by Crippen LogP contribution is 2.40. The van der Waals surface area contributed by atoms with E-state index in [1.54, 1.807) is 5.38 Å². The van der Waals surface area contributed by atoms with Crippen molar-refractivity contribution in [2.45, 2.75) is 5.54 Å². The fraction of sp³-hybridized carbons (Fsp3) is 0.111. The third-order valence-corrected chi connectivity index (χ3v) is 6.88. The van der Waals surface area contributed by atoms with Gasteiger partial charge in [-0.1, -0.05) is 96.2 Å². The van der Waals surface area contributed by atoms with E-state index < -0.39 is 11.5 Å². The number of hydrogen-bond acceptors (Lipinski definition) is 9. The smallest absolute Gasteiger partial charge is 0.360 e. The Kier molecular flexibility index (Phi) is 8.90. The number of carbonyl (C=O) groups is 1. The summed E-state index contributed by atoms with van der Waals surface area (Å²) in [7, 11) is 0. The minimum Gasteiger partial charge on any atom is -0.476 e. The van der Waals surface area contributed by atoms with Crippen LogP contribution in [0.5, 0.6) is 0 Å². The molecule has 0 fully saturated rings. The van der Waals surface area contributed by atoms with Gasteiger partial charge in [-0.15, -0.1) is 23.1 Å². The molecule has 1 heterocycles. The van der Waals surface area contributed by atoms with E-state index in [0.717, 1.165) is 16.7 Å². The van der Waals surface area contributed by atoms with Crippen molar-refractivity contribution in [3.8, 4) is 0 Å². The summed E-state index contributed by atoms with van der Waals surface area (Å²) >= 11 is 2.63. The Morgan fingerprint density at radius 2 is 1.54 bits per heavy atom. The Balaban J connectivity index is 1.72. The molecule has 0 bridgehead atoms. The quantitative estimate of drug-likeness (QED) is 0.0588. The molecule has 188 valence electrons. The minimum absolute atomic E-state index is 0.196. The highest BCUT2D eigenvalue weighted by Gasteiger charge is 2.37. The summed E-state index contributed by atoms with van der Waals surface area (Å²) in [4.78, 5) is 21.7. The van der Waals surface area contributed by atoms with Gasteiger partial charge in [0.1, 0.15) is 17.8 Å². The summed E-state index contributed by atoms with van der Waals surface area (Å²) in [5.41, 5.74) is 3.67. The molecule has 0 aliphatic heterocycles. The largest absolute Gasteiger partial charge is 0.476 e. The fourth-order valence-electron chi connectivity index (χ4n) is 3.87. The van der Waals surface area contributed by atoms with Crippen LogP contribution in [0.4, 0.5) is 5.13 Å². The number of benzene rings is 3. The SMILES string of the molecule is N/N=C/SCCO/N=C(\C(=O)O)c1csc(NC(c2ccccc2)(c2ccccc2)c2ccccc2)n1. The van der Waals surface area contributed by atoms with Gasteiger partial charge in [-0.25, -0.2) is 9.78 Å². The minimum atomic E-state index is -1.23. The summed E-state index contributed by atoms with van der Waals surface area (Å²) < 4.78 is 0. The number of hydrogen-bond donors (Lipinski definition) is 3. The van der Waals surface area contributed by atoms with Crippen molar-refractivity contribution in [1.29, 1.82) is 0 Å². The van der Waals surface area contributed by atoms with Gasteiger partial charge in [0.05, 0.1) is 5.55 Å². The van der Waals surface area contributed by atoms with E-state index in [0.29, 0.717) is 10.9 Å². The number of rotatable bonds is 12. The number of hydrazone groups is 1. The van der Waals surface area contributed by atoms with E-state index in [9.17, 15) is 9.90 Å². The third kappa shape index (κ3) is 6.16. The first-order chi connectivity index (χ1) is 18.1. The molecule has 4 rings (SSSR count). The second kappa shape index (κ2) is 12.7. The molecule has 0 radical (unpaired) electrons. The number of thioether (sulfide) groups is 1. The molecule has 10 heteroatoms. The molecule has 0 saturated heterocycles. The van der Waals surface area contributed by atoms with Gasteiger partial charge in [0, 0.05) is 11.1 Å². The van der Waals surface area contributed by atoms with E-state index >= 15 is 0 Å². The van der Waals surface area contributed by atoms with Crippen LogP contribution in [-0.4, -0.2) is 39.7 Å². The summed E-state index contributed by atoms with van der Waals surface area (Å²) in [6, 6.07) is 30.3. The average Bonchev–Trinajstić information content (AvgIpc) is 3.40. The molecule has 1 aromatic heterocycles. The Morgan fingerprint density at radius 1 is 1.00 bits per heavy atom. The van der Waals surface area contributed by atoms with Crippen LogP contribution in [0, 0.1) is 0 Å². The number of aromatic nitrogens is 1. The molecule has 3 aromatic carbocycles. The maximum absolute atomic E-state index is 11.9. The number of nitrogens with zero attached hydrogens (tertiary/aromatic N) is 3. The van der Waals surface area contributed by atoms with Crippen molar-refractivity contribution in [2.24, 2.45) is 16.1 Å². The lowest BCUT2D eigenvalue weighted by Crippen LogP contribution is -2.38. The van der Waals surface area contributed by atoms with Gasteiger partial charge in [0.2, 0.25) is 5.71 Å². The normalized spacial score (nSPS) is 11.9. The number of anilines is 1. The van der Waals surface area contributed by atoms with Crippen LogP contribution in [0.15, 0.2) is 107 Å². The Hall–Kier alpha value is -4.15. The number of carboxylic acid groups (broad SMARTS) is 1. The van der Waals surface area contributed by atoms with Gasteiger partial charge >= 0.3 is 5.97 Å². The van der Waals surface area contributed by atoms with Crippen molar-refractivity contribution < 1.29 is 14.7 Å². The maximum Gasteiger partial charge on any atom is 0.360 e. The van der Waals surface area contributed by atoms with Crippen LogP contribution in [0.25, 0.3) is 0 Å². The molecular formula is C27H25N5O3S2. The zero-order valence-electron chi connectivity index (χ0n) is 19.7. The van der Waals surface area contributed by atoms with Gasteiger partial charge in [-0.2, -0.15) is 5.10 Å². The molecule has 8 nitrogen and oxygen atoms in total. The molecule has 0 unspecified atom stereocenters. The van der Waals surface area contributed by atoms with Gasteiger partial charge in [0.25, 0.3) is 0 Å². The lowest BCUT2D eigenvalue weighted by Gasteiger charge is -2.36. The lowest BCUT2D eigenvalue weighted by molar-refractivity contribution is -0.129. The Morgan fingerprint density at radius 3 is 2.03 bits per heavy atom. The maximum atomic E-state index is 11.9. The van der Waals surface area contributed by atoms with Crippen LogP contribution in [0.3, 0.4) is 0 Å². The van der Waals surface area contributed by atoms with Crippen molar-refractivity contribution in [2.75, 3.05) is 17.7 Å². The van der Waals surface area contributed by atoms with Crippen LogP contribution >= 0.6 is 23.1 Å². The molecule has 37 heavy (non-hydrogen) atoms. The van der Waals surface area contributed by atoms with Crippen LogP contribution in [0.2, 0.25) is 0 Å². The van der Waals surface area contributed by atoms with E-state index in [2.05, 4.69) is 57.0 Å². The number of nitrogens with two attached hydrogens (primary N) is 1. The summed E-state index contributed by atoms with van der Waals surface area (Å²) in [5.74, 6) is 4.35. The van der Waals surface area contributed by atoms with Crippen molar-refractivity contribution in [3.63, 3.8) is 0 Å². The Labute approximate surface area is 222 Å². The zero-order chi connectivity index (χ0) is 25.9. The lowest BCUT2D eigenvalue weighted by atomic mass is 9.77. The third-order valence-electron chi connectivity index (χ3n) is 5.45. The molecular weight excluding hydrogens is 506 g/mol. The van der Waals surface area contributed by atoms with Gasteiger partial charge in [-0.3, -0.25) is 0 Å². The van der Waals surface area contributed by atoms with Crippen LogP contribution in [0.1, 0.15) is 22.4 Å². The zero-order valence-corrected chi connectivity index (χ0v) is 21.4. The predicted molar refractivity (Wildman–Crippen MR) is 150 cm³/mol. The van der Waals surface area contributed by atoms with Gasteiger partial charge in [0.15, 0.2) is 5.13 Å². The average molecular weight is 532 g/mol. The fourth-order valence-corrected chi connectivity index (χ4v) is 4.98. The first-order valence-corrected chi connectivity index (χ1v) is 13.2. The summed E-state index contributed by atoms with van der Waals surface area (Å²) in [6.45, 7) is 0.196. The van der Waals surface area contributed by atoms with Crippen molar-refractivity contribution >= 4 is 45.5 Å². The van der Waals surface area contributed by atoms with Gasteiger partial charge < -0.3 is 21.1 Å². The second-order valence-electron chi connectivity index (χ2n) is 7.71. The first-order valence-electron chi connectivity index (χ1n) is 11.3. The molecule has 0 saturated carbocycles. The van der Waals surface area contributed by atoms with Crippen molar-refractivity contribution in [3.05, 3.63) is 119 Å². The molecule has 0 amide bonds. The standard InChI is InChI=1S/C27H25N5O3S2/c28-29-19-36-17-16-35-32-24(25(33)34)23-18-37-26(30-23)31-27(20-10-4-1-5-11-20,21-12-6-2-7-13-21)22-14-8-3-9-15-22/h1-15,18-19H,16-17,28H2,(H,30,31)(H,33,34)/b29-19+,32-24-. The van der Waals surface area contributed by atoms with E-state index in [4.69, 9.17) is 10.7 Å². The van der Waals surface area contributed by atoms with E-state index in [1.807, 2.05) is 54.6 Å². The predicted octanol–water partition coefficient (Wildman–Crippen LogP) is 4.99. The topological polar surface area (TPSA) is 122 Å². The second-order valence-corrected chi connectivity index (χ2v) is 9.53. The molecule has 4 aromatic rings. The highest BCUT2D eigenvalue weighted by molar-refractivity contribution is 8.12. The van der Waals surface area contributed by atoms with E-state index in [1.165, 1.54) is 28.6 Å². The van der Waals surface area contributed by atoms with E-state index in [-0.39, 0.29) is 18.0 Å². The van der Waals surface area contributed by atoms with Crippen LogP contribution in [-0.2, 0) is 15.2 Å². The molecule has 0 atom stereocenters. The highest BCUT2D eigenvalue weighted by atomic mass is 32.2. The number of carboxylic acids is 1. The molecule has 0 aliphatic carbocycles. The molecule has 0 aliphatic rings. The monoisotopic (exact) mass is 531 g/mol. The summed E-state index contributed by atoms with van der Waals surface area (Å²) in [5, 5.41) is 22.8. The Bertz CT molecular complexity index is 1250. The van der Waals surface area contributed by atoms with Gasteiger partial charge in [-0.05, 0) is 16.7 Å². The molecule has 4 N–H and O–H groups in total. The summed E-state index contributed by atoms with van der Waals surface area (Å²) in [6.07, 6.45) is 0. The number of oxime groups is 1.